The van der Waals surface area contributed by atoms with E-state index in [9.17, 15) is 4.79 Å². The Balaban J connectivity index is 1.53. The number of amides is 2. The molecule has 0 spiro atoms. The largest absolute Gasteiger partial charge is 0.356 e. The predicted molar refractivity (Wildman–Crippen MR) is 101 cm³/mol. The maximum Gasteiger partial charge on any atom is 0.315 e. The molecule has 1 atom stereocenters. The van der Waals surface area contributed by atoms with Gasteiger partial charge in [0.25, 0.3) is 0 Å². The minimum absolute atomic E-state index is 0.156. The van der Waals surface area contributed by atoms with Gasteiger partial charge in [0.2, 0.25) is 0 Å². The monoisotopic (exact) mass is 359 g/mol. The minimum Gasteiger partial charge on any atom is -0.356 e. The first kappa shape index (κ1) is 17.7. The van der Waals surface area contributed by atoms with Gasteiger partial charge in [0.15, 0.2) is 0 Å². The molecule has 3 rings (SSSR count). The number of urea groups is 1. The van der Waals surface area contributed by atoms with E-state index in [0.717, 1.165) is 35.2 Å². The molecule has 0 aromatic carbocycles. The normalized spacial score (nSPS) is 15.2. The number of pyridine rings is 1. The Bertz CT molecular complexity index is 697. The number of anilines is 1. The second-order valence-corrected chi connectivity index (χ2v) is 7.39. The summed E-state index contributed by atoms with van der Waals surface area (Å²) in [6, 6.07) is 3.91. The molecule has 1 fully saturated rings. The van der Waals surface area contributed by atoms with Crippen LogP contribution >= 0.6 is 11.3 Å². The van der Waals surface area contributed by atoms with Gasteiger partial charge >= 0.3 is 6.03 Å². The summed E-state index contributed by atoms with van der Waals surface area (Å²) < 4.78 is 0. The van der Waals surface area contributed by atoms with Gasteiger partial charge in [-0.3, -0.25) is 0 Å². The Hall–Kier alpha value is -2.15. The lowest BCUT2D eigenvalue weighted by Gasteiger charge is -2.21. The molecular formula is C18H25N5OS. The average molecular weight is 359 g/mol. The van der Waals surface area contributed by atoms with E-state index >= 15 is 0 Å². The molecular weight excluding hydrogens is 334 g/mol. The highest BCUT2D eigenvalue weighted by molar-refractivity contribution is 7.09. The number of hydrogen-bond acceptors (Lipinski definition) is 5. The summed E-state index contributed by atoms with van der Waals surface area (Å²) in [6.45, 7) is 7.21. The number of aryl methyl sites for hydroxylation is 1. The zero-order chi connectivity index (χ0) is 17.6. The van der Waals surface area contributed by atoms with Crippen molar-refractivity contribution in [2.24, 2.45) is 0 Å². The lowest BCUT2D eigenvalue weighted by atomic mass is 10.2. The molecule has 6 nitrogen and oxygen atoms in total. The van der Waals surface area contributed by atoms with Crippen LogP contribution in [-0.2, 0) is 6.54 Å². The number of thiazole rings is 1. The van der Waals surface area contributed by atoms with Gasteiger partial charge in [-0.1, -0.05) is 13.0 Å². The topological polar surface area (TPSA) is 70.2 Å². The summed E-state index contributed by atoms with van der Waals surface area (Å²) in [7, 11) is 0. The molecule has 2 aromatic rings. The van der Waals surface area contributed by atoms with E-state index < -0.39 is 0 Å². The van der Waals surface area contributed by atoms with Crippen LogP contribution in [0.3, 0.4) is 0 Å². The predicted octanol–water partition coefficient (Wildman–Crippen LogP) is 3.05. The highest BCUT2D eigenvalue weighted by Gasteiger charge is 2.18. The van der Waals surface area contributed by atoms with E-state index in [0.29, 0.717) is 13.1 Å². The van der Waals surface area contributed by atoms with Crippen molar-refractivity contribution in [2.45, 2.75) is 39.2 Å². The molecule has 0 aliphatic carbocycles. The third kappa shape index (κ3) is 4.69. The summed E-state index contributed by atoms with van der Waals surface area (Å²) in [5.74, 6) is 1.22. The van der Waals surface area contributed by atoms with E-state index in [4.69, 9.17) is 0 Å². The standard InChI is InChI=1S/C18H25N5OS/c1-13(17-19-7-10-25-17)11-20-18(24)21-12-15-6-5-14(2)22-16(15)23-8-3-4-9-23/h5-7,10,13H,3-4,8-9,11-12H2,1-2H3,(H2,20,21,24). The first-order chi connectivity index (χ1) is 12.1. The summed E-state index contributed by atoms with van der Waals surface area (Å²) in [5, 5.41) is 8.87. The lowest BCUT2D eigenvalue weighted by molar-refractivity contribution is 0.240. The molecule has 2 aromatic heterocycles. The molecule has 25 heavy (non-hydrogen) atoms. The Morgan fingerprint density at radius 3 is 2.84 bits per heavy atom. The van der Waals surface area contributed by atoms with Gasteiger partial charge in [0, 0.05) is 54.9 Å². The lowest BCUT2D eigenvalue weighted by Crippen LogP contribution is -2.37. The molecule has 2 amide bonds. The van der Waals surface area contributed by atoms with Crippen LogP contribution in [-0.4, -0.2) is 35.6 Å². The fraction of sp³-hybridized carbons (Fsp3) is 0.500. The van der Waals surface area contributed by atoms with Gasteiger partial charge in [-0.2, -0.15) is 0 Å². The first-order valence-electron chi connectivity index (χ1n) is 8.76. The van der Waals surface area contributed by atoms with Gasteiger partial charge in [-0.05, 0) is 25.8 Å². The van der Waals surface area contributed by atoms with Crippen molar-refractivity contribution in [3.63, 3.8) is 0 Å². The van der Waals surface area contributed by atoms with Crippen LogP contribution in [0.25, 0.3) is 0 Å². The van der Waals surface area contributed by atoms with Gasteiger partial charge in [0.05, 0.1) is 5.01 Å². The highest BCUT2D eigenvalue weighted by Crippen LogP contribution is 2.23. The Morgan fingerprint density at radius 2 is 2.12 bits per heavy atom. The minimum atomic E-state index is -0.156. The van der Waals surface area contributed by atoms with Gasteiger partial charge in [-0.15, -0.1) is 11.3 Å². The fourth-order valence-electron chi connectivity index (χ4n) is 2.96. The van der Waals surface area contributed by atoms with Gasteiger partial charge in [0.1, 0.15) is 5.82 Å². The summed E-state index contributed by atoms with van der Waals surface area (Å²) >= 11 is 1.61. The van der Waals surface area contributed by atoms with Gasteiger partial charge in [-0.25, -0.2) is 14.8 Å². The molecule has 1 aliphatic heterocycles. The van der Waals surface area contributed by atoms with Crippen molar-refractivity contribution in [3.05, 3.63) is 40.0 Å². The molecule has 1 unspecified atom stereocenters. The Morgan fingerprint density at radius 1 is 1.32 bits per heavy atom. The molecule has 0 bridgehead atoms. The fourth-order valence-corrected chi connectivity index (χ4v) is 3.66. The number of aromatic nitrogens is 2. The Labute approximate surface area is 152 Å². The number of nitrogens with zero attached hydrogens (tertiary/aromatic N) is 3. The Kier molecular flexibility index (Phi) is 5.86. The number of nitrogens with one attached hydrogen (secondary N) is 2. The molecule has 3 heterocycles. The molecule has 2 N–H and O–H groups in total. The van der Waals surface area contributed by atoms with Gasteiger partial charge < -0.3 is 15.5 Å². The second kappa shape index (κ2) is 8.29. The number of hydrogen-bond donors (Lipinski definition) is 2. The zero-order valence-electron chi connectivity index (χ0n) is 14.8. The maximum atomic E-state index is 12.1. The van der Waals surface area contributed by atoms with Crippen LogP contribution in [0.15, 0.2) is 23.7 Å². The van der Waals surface area contributed by atoms with E-state index in [2.05, 4.69) is 38.5 Å². The SMILES string of the molecule is Cc1ccc(CNC(=O)NCC(C)c2nccs2)c(N2CCCC2)n1. The van der Waals surface area contributed by atoms with E-state index in [1.807, 2.05) is 18.4 Å². The first-order valence-corrected chi connectivity index (χ1v) is 9.64. The van der Waals surface area contributed by atoms with Crippen LogP contribution in [0.5, 0.6) is 0 Å². The van der Waals surface area contributed by atoms with Crippen molar-refractivity contribution in [1.82, 2.24) is 20.6 Å². The van der Waals surface area contributed by atoms with Crippen molar-refractivity contribution in [2.75, 3.05) is 24.5 Å². The average Bonchev–Trinajstić information content (AvgIpc) is 3.31. The van der Waals surface area contributed by atoms with E-state index in [-0.39, 0.29) is 11.9 Å². The van der Waals surface area contributed by atoms with Crippen LogP contribution < -0.4 is 15.5 Å². The second-order valence-electron chi connectivity index (χ2n) is 6.46. The summed E-state index contributed by atoms with van der Waals surface area (Å²) in [4.78, 5) is 23.4. The van der Waals surface area contributed by atoms with E-state index in [1.165, 1.54) is 12.8 Å². The molecule has 134 valence electrons. The third-order valence-electron chi connectivity index (χ3n) is 4.38. The maximum absolute atomic E-state index is 12.1. The number of carbonyl (C=O) groups excluding carboxylic acids is 1. The number of carbonyl (C=O) groups is 1. The van der Waals surface area contributed by atoms with Crippen LogP contribution in [0.1, 0.15) is 41.9 Å². The molecule has 7 heteroatoms. The summed E-state index contributed by atoms with van der Waals surface area (Å²) in [5.41, 5.74) is 2.07. The molecule has 1 aliphatic rings. The summed E-state index contributed by atoms with van der Waals surface area (Å²) in [6.07, 6.45) is 4.20. The number of rotatable bonds is 6. The molecule has 0 radical (unpaired) electrons. The van der Waals surface area contributed by atoms with Crippen LogP contribution in [0.2, 0.25) is 0 Å². The quantitative estimate of drug-likeness (QED) is 0.832. The zero-order valence-corrected chi connectivity index (χ0v) is 15.6. The van der Waals surface area contributed by atoms with E-state index in [1.54, 1.807) is 17.5 Å². The van der Waals surface area contributed by atoms with Crippen LogP contribution in [0, 0.1) is 6.92 Å². The van der Waals surface area contributed by atoms with Crippen molar-refractivity contribution < 1.29 is 4.79 Å². The van der Waals surface area contributed by atoms with Crippen LogP contribution in [0.4, 0.5) is 10.6 Å². The third-order valence-corrected chi connectivity index (χ3v) is 5.39. The van der Waals surface area contributed by atoms with Crippen molar-refractivity contribution >= 4 is 23.2 Å². The van der Waals surface area contributed by atoms with Crippen molar-refractivity contribution in [3.8, 4) is 0 Å². The highest BCUT2D eigenvalue weighted by atomic mass is 32.1. The smallest absolute Gasteiger partial charge is 0.315 e. The molecule has 1 saturated heterocycles. The van der Waals surface area contributed by atoms with Crippen molar-refractivity contribution in [1.29, 1.82) is 0 Å². The molecule has 0 saturated carbocycles.